The topological polar surface area (TPSA) is 61.8 Å². The Balaban J connectivity index is 3.09. The van der Waals surface area contributed by atoms with Crippen LogP contribution in [0.15, 0.2) is 0 Å². The summed E-state index contributed by atoms with van der Waals surface area (Å²) in [5.74, 6) is -1.08. The fourth-order valence-corrected chi connectivity index (χ4v) is 3.02. The minimum Gasteiger partial charge on any atom is -0.468 e. The molecule has 0 radical (unpaired) electrons. The first-order chi connectivity index (χ1) is 9.43. The van der Waals surface area contributed by atoms with Crippen molar-refractivity contribution in [3.05, 3.63) is 0 Å². The van der Waals surface area contributed by atoms with E-state index in [0.717, 1.165) is 19.3 Å². The van der Waals surface area contributed by atoms with Gasteiger partial charge >= 0.3 is 11.9 Å². The van der Waals surface area contributed by atoms with Crippen molar-refractivity contribution >= 4 is 11.9 Å². The highest BCUT2D eigenvalue weighted by molar-refractivity contribution is 6.01. The number of esters is 2. The minimum absolute atomic E-state index is 0.0276. The predicted octanol–water partition coefficient (Wildman–Crippen LogP) is 2.32. The monoisotopic (exact) mass is 286 g/mol. The Bertz CT molecular complexity index is 334. The van der Waals surface area contributed by atoms with Gasteiger partial charge in [-0.1, -0.05) is 33.6 Å². The number of hydrogen-bond acceptors (Lipinski definition) is 5. The van der Waals surface area contributed by atoms with Gasteiger partial charge in [0.2, 0.25) is 0 Å². The zero-order valence-electron chi connectivity index (χ0n) is 13.1. The smallest absolute Gasteiger partial charge is 0.326 e. The molecule has 1 aliphatic heterocycles. The number of hydrogen-bond donors (Lipinski definition) is 0. The summed E-state index contributed by atoms with van der Waals surface area (Å²) in [5, 5.41) is 0. The standard InChI is InChI=1S/C15H26O5/c1-6-7-8-11-9-15(13(16)18-4,14(17)19-5)12(20-11)10(2)3/h10-12H,6-9H2,1-5H3/t11-,12+/m0/s1. The summed E-state index contributed by atoms with van der Waals surface area (Å²) >= 11 is 0. The van der Waals surface area contributed by atoms with E-state index in [1.807, 2.05) is 13.8 Å². The molecule has 0 saturated carbocycles. The SMILES string of the molecule is CCCC[C@H]1CC(C(=O)OC)(C(=O)OC)[C@@H](C(C)C)O1. The maximum absolute atomic E-state index is 12.3. The van der Waals surface area contributed by atoms with Gasteiger partial charge < -0.3 is 14.2 Å². The zero-order chi connectivity index (χ0) is 15.3. The molecule has 2 atom stereocenters. The largest absolute Gasteiger partial charge is 0.468 e. The Morgan fingerprint density at radius 2 is 1.80 bits per heavy atom. The third-order valence-corrected chi connectivity index (χ3v) is 3.96. The van der Waals surface area contributed by atoms with Crippen molar-refractivity contribution in [3.63, 3.8) is 0 Å². The highest BCUT2D eigenvalue weighted by atomic mass is 16.6. The fourth-order valence-electron chi connectivity index (χ4n) is 3.02. The van der Waals surface area contributed by atoms with Crippen molar-refractivity contribution in [2.75, 3.05) is 14.2 Å². The Morgan fingerprint density at radius 3 is 2.20 bits per heavy atom. The first-order valence-electron chi connectivity index (χ1n) is 7.26. The summed E-state index contributed by atoms with van der Waals surface area (Å²) in [5.41, 5.74) is -1.32. The summed E-state index contributed by atoms with van der Waals surface area (Å²) in [6, 6.07) is 0. The van der Waals surface area contributed by atoms with Gasteiger partial charge in [0, 0.05) is 6.42 Å². The molecule has 0 N–H and O–H groups in total. The van der Waals surface area contributed by atoms with E-state index in [9.17, 15) is 9.59 Å². The van der Waals surface area contributed by atoms with E-state index in [-0.39, 0.29) is 12.0 Å². The quantitative estimate of drug-likeness (QED) is 0.554. The van der Waals surface area contributed by atoms with Gasteiger partial charge in [0.25, 0.3) is 0 Å². The first-order valence-corrected chi connectivity index (χ1v) is 7.26. The molecule has 0 aromatic rings. The van der Waals surface area contributed by atoms with Gasteiger partial charge in [-0.25, -0.2) is 0 Å². The van der Waals surface area contributed by atoms with Gasteiger partial charge in [-0.15, -0.1) is 0 Å². The van der Waals surface area contributed by atoms with Gasteiger partial charge in [0.1, 0.15) is 0 Å². The van der Waals surface area contributed by atoms with Crippen molar-refractivity contribution in [1.29, 1.82) is 0 Å². The Labute approximate surface area is 121 Å². The third kappa shape index (κ3) is 2.97. The van der Waals surface area contributed by atoms with Crippen molar-refractivity contribution in [2.24, 2.45) is 11.3 Å². The lowest BCUT2D eigenvalue weighted by Crippen LogP contribution is -2.49. The maximum Gasteiger partial charge on any atom is 0.326 e. The van der Waals surface area contributed by atoms with Crippen LogP contribution in [0.4, 0.5) is 0 Å². The molecule has 5 heteroatoms. The second-order valence-corrected chi connectivity index (χ2v) is 5.72. The third-order valence-electron chi connectivity index (χ3n) is 3.96. The molecule has 1 saturated heterocycles. The highest BCUT2D eigenvalue weighted by Crippen LogP contribution is 2.45. The zero-order valence-corrected chi connectivity index (χ0v) is 13.1. The first kappa shape index (κ1) is 17.0. The number of rotatable bonds is 6. The molecule has 0 aromatic heterocycles. The fraction of sp³-hybridized carbons (Fsp3) is 0.867. The van der Waals surface area contributed by atoms with Crippen LogP contribution in [0.25, 0.3) is 0 Å². The van der Waals surface area contributed by atoms with Crippen molar-refractivity contribution < 1.29 is 23.8 Å². The van der Waals surface area contributed by atoms with Gasteiger partial charge in [0.15, 0.2) is 5.41 Å². The molecule has 116 valence electrons. The van der Waals surface area contributed by atoms with E-state index in [1.165, 1.54) is 14.2 Å². The molecule has 5 nitrogen and oxygen atoms in total. The van der Waals surface area contributed by atoms with Crippen LogP contribution in [0.1, 0.15) is 46.5 Å². The summed E-state index contributed by atoms with van der Waals surface area (Å²) in [4.78, 5) is 24.5. The minimum atomic E-state index is -1.32. The van der Waals surface area contributed by atoms with E-state index in [1.54, 1.807) is 0 Å². The Kier molecular flexibility index (Phi) is 5.99. The van der Waals surface area contributed by atoms with Crippen LogP contribution in [0, 0.1) is 11.3 Å². The molecule has 1 rings (SSSR count). The van der Waals surface area contributed by atoms with Crippen molar-refractivity contribution in [3.8, 4) is 0 Å². The number of ether oxygens (including phenoxy) is 3. The van der Waals surface area contributed by atoms with Crippen LogP contribution in [-0.2, 0) is 23.8 Å². The number of carbonyl (C=O) groups is 2. The molecule has 1 aliphatic rings. The molecule has 0 bridgehead atoms. The van der Waals surface area contributed by atoms with Crippen LogP contribution in [-0.4, -0.2) is 38.4 Å². The molecule has 0 aliphatic carbocycles. The van der Waals surface area contributed by atoms with E-state index >= 15 is 0 Å². The van der Waals surface area contributed by atoms with Crippen LogP contribution in [0.2, 0.25) is 0 Å². The number of methoxy groups -OCH3 is 2. The van der Waals surface area contributed by atoms with Crippen LogP contribution in [0.5, 0.6) is 0 Å². The van der Waals surface area contributed by atoms with E-state index < -0.39 is 23.5 Å². The second-order valence-electron chi connectivity index (χ2n) is 5.72. The van der Waals surface area contributed by atoms with Crippen molar-refractivity contribution in [1.82, 2.24) is 0 Å². The van der Waals surface area contributed by atoms with Crippen molar-refractivity contribution in [2.45, 2.75) is 58.7 Å². The van der Waals surface area contributed by atoms with Gasteiger partial charge in [-0.3, -0.25) is 9.59 Å². The Hall–Kier alpha value is -1.10. The molecule has 0 amide bonds. The molecule has 0 unspecified atom stereocenters. The molecular weight excluding hydrogens is 260 g/mol. The molecule has 0 spiro atoms. The summed E-state index contributed by atoms with van der Waals surface area (Å²) in [7, 11) is 2.59. The van der Waals surface area contributed by atoms with Gasteiger partial charge in [-0.2, -0.15) is 0 Å². The molecule has 20 heavy (non-hydrogen) atoms. The highest BCUT2D eigenvalue weighted by Gasteiger charge is 2.61. The van der Waals surface area contributed by atoms with Crippen LogP contribution >= 0.6 is 0 Å². The van der Waals surface area contributed by atoms with Gasteiger partial charge in [0.05, 0.1) is 26.4 Å². The van der Waals surface area contributed by atoms with Crippen LogP contribution < -0.4 is 0 Å². The summed E-state index contributed by atoms with van der Waals surface area (Å²) in [6.45, 7) is 5.98. The lowest BCUT2D eigenvalue weighted by molar-refractivity contribution is -0.175. The Morgan fingerprint density at radius 1 is 1.25 bits per heavy atom. The molecular formula is C15H26O5. The van der Waals surface area contributed by atoms with Crippen LogP contribution in [0.3, 0.4) is 0 Å². The molecule has 1 heterocycles. The molecule has 0 aromatic carbocycles. The lowest BCUT2D eigenvalue weighted by atomic mass is 9.75. The van der Waals surface area contributed by atoms with E-state index in [2.05, 4.69) is 6.92 Å². The van der Waals surface area contributed by atoms with E-state index in [4.69, 9.17) is 14.2 Å². The molecule has 1 fully saturated rings. The summed E-state index contributed by atoms with van der Waals surface area (Å²) in [6.07, 6.45) is 2.65. The van der Waals surface area contributed by atoms with E-state index in [0.29, 0.717) is 6.42 Å². The maximum atomic E-state index is 12.3. The summed E-state index contributed by atoms with van der Waals surface area (Å²) < 4.78 is 15.7. The van der Waals surface area contributed by atoms with Gasteiger partial charge in [-0.05, 0) is 12.3 Å². The average molecular weight is 286 g/mol. The normalized spacial score (nSPS) is 24.7. The lowest BCUT2D eigenvalue weighted by Gasteiger charge is -2.30. The predicted molar refractivity (Wildman–Crippen MR) is 74.1 cm³/mol. The second kappa shape index (κ2) is 7.07. The number of unbranched alkanes of at least 4 members (excludes halogenated alkanes) is 1. The average Bonchev–Trinajstić information content (AvgIpc) is 2.84. The number of carbonyl (C=O) groups excluding carboxylic acids is 2.